The van der Waals surface area contributed by atoms with Gasteiger partial charge in [0.15, 0.2) is 12.2 Å². The van der Waals surface area contributed by atoms with E-state index < -0.39 is 97.5 Å². The van der Waals surface area contributed by atoms with Crippen molar-refractivity contribution in [1.82, 2.24) is 0 Å². The van der Waals surface area contributed by atoms with Crippen LogP contribution in [0.3, 0.4) is 0 Å². The molecule has 0 rings (SSSR count). The Hall–Kier alpha value is -1.94. The van der Waals surface area contributed by atoms with Crippen LogP contribution in [0, 0.1) is 17.8 Å². The molecule has 0 aromatic carbocycles. The molecule has 98 heavy (non-hydrogen) atoms. The number of aliphatic hydroxyl groups is 1. The summed E-state index contributed by atoms with van der Waals surface area (Å²) in [5.41, 5.74) is 0. The molecule has 6 atom stereocenters. The van der Waals surface area contributed by atoms with Crippen molar-refractivity contribution in [3.05, 3.63) is 0 Å². The fourth-order valence-electron chi connectivity index (χ4n) is 12.1. The van der Waals surface area contributed by atoms with E-state index in [1.54, 1.807) is 0 Å². The van der Waals surface area contributed by atoms with Gasteiger partial charge in [-0.3, -0.25) is 37.3 Å². The van der Waals surface area contributed by atoms with Crippen LogP contribution < -0.4 is 0 Å². The number of phosphoric acid groups is 2. The van der Waals surface area contributed by atoms with Gasteiger partial charge in [0.1, 0.15) is 19.3 Å². The van der Waals surface area contributed by atoms with Crippen molar-refractivity contribution in [3.8, 4) is 0 Å². The van der Waals surface area contributed by atoms with Crippen molar-refractivity contribution < 1.29 is 80.2 Å². The van der Waals surface area contributed by atoms with Gasteiger partial charge in [-0.15, -0.1) is 0 Å². The van der Waals surface area contributed by atoms with Gasteiger partial charge in [-0.25, -0.2) is 9.13 Å². The van der Waals surface area contributed by atoms with Crippen LogP contribution in [0.5, 0.6) is 0 Å². The summed E-state index contributed by atoms with van der Waals surface area (Å²) in [6.45, 7) is 11.9. The molecule has 582 valence electrons. The number of esters is 4. The summed E-state index contributed by atoms with van der Waals surface area (Å²) in [5.74, 6) is 0.241. The molecule has 0 aromatic heterocycles. The average molecular weight is 1440 g/mol. The van der Waals surface area contributed by atoms with Gasteiger partial charge in [-0.1, -0.05) is 357 Å². The second-order valence-electron chi connectivity index (χ2n) is 29.6. The monoisotopic (exact) mass is 1440 g/mol. The first-order chi connectivity index (χ1) is 47.3. The molecular formula is C79H154O17P2. The second-order valence-corrected chi connectivity index (χ2v) is 32.6. The van der Waals surface area contributed by atoms with Crippen molar-refractivity contribution in [2.75, 3.05) is 39.6 Å². The molecule has 0 spiro atoms. The molecule has 0 aromatic rings. The number of hydrogen-bond acceptors (Lipinski definition) is 15. The average Bonchev–Trinajstić information content (AvgIpc) is 0.949. The maximum Gasteiger partial charge on any atom is 0.472 e. The molecular weight excluding hydrogens is 1280 g/mol. The molecule has 3 N–H and O–H groups in total. The molecule has 17 nitrogen and oxygen atoms in total. The Morgan fingerprint density at radius 2 is 0.520 bits per heavy atom. The van der Waals surface area contributed by atoms with E-state index >= 15 is 0 Å². The van der Waals surface area contributed by atoms with Crippen molar-refractivity contribution in [1.29, 1.82) is 0 Å². The number of unbranched alkanes of at least 4 members (excludes halogenated alkanes) is 44. The summed E-state index contributed by atoms with van der Waals surface area (Å²) in [6, 6.07) is 0. The Kier molecular flexibility index (Phi) is 68.1. The molecule has 19 heteroatoms. The minimum Gasteiger partial charge on any atom is -0.462 e. The van der Waals surface area contributed by atoms with E-state index in [0.717, 1.165) is 102 Å². The van der Waals surface area contributed by atoms with Crippen LogP contribution in [0.1, 0.15) is 408 Å². The van der Waals surface area contributed by atoms with Crippen LogP contribution in [0.25, 0.3) is 0 Å². The van der Waals surface area contributed by atoms with Crippen LogP contribution in [0.15, 0.2) is 0 Å². The Labute approximate surface area is 600 Å². The SMILES string of the molecule is CCCCCCCCCCCCC(=O)OC[C@H](COP(=O)(O)OC[C@H](O)COP(=O)(O)OC[C@@H](COC(=O)CCCCCCCCCCCCCCCC(C)C)OC(=O)CCCCCCCCCCCCCCCCCCCCC(C)CC)OC(=O)CCCCCCCCCC(C)C. The van der Waals surface area contributed by atoms with Crippen LogP contribution in [0.2, 0.25) is 0 Å². The second kappa shape index (κ2) is 69.4. The number of phosphoric ester groups is 2. The maximum atomic E-state index is 13.1. The zero-order valence-electron chi connectivity index (χ0n) is 64.3. The molecule has 0 fully saturated rings. The number of carbonyl (C=O) groups is 4. The third kappa shape index (κ3) is 71.1. The summed E-state index contributed by atoms with van der Waals surface area (Å²) in [5, 5.41) is 10.6. The summed E-state index contributed by atoms with van der Waals surface area (Å²) < 4.78 is 68.5. The third-order valence-corrected chi connectivity index (χ3v) is 20.6. The lowest BCUT2D eigenvalue weighted by Crippen LogP contribution is -2.30. The Balaban J connectivity index is 5.19. The van der Waals surface area contributed by atoms with E-state index in [2.05, 4.69) is 48.5 Å². The molecule has 0 saturated carbocycles. The van der Waals surface area contributed by atoms with Gasteiger partial charge in [0.2, 0.25) is 0 Å². The van der Waals surface area contributed by atoms with Crippen LogP contribution >= 0.6 is 15.6 Å². The van der Waals surface area contributed by atoms with E-state index in [-0.39, 0.29) is 25.7 Å². The minimum absolute atomic E-state index is 0.104. The molecule has 0 aliphatic carbocycles. The number of carbonyl (C=O) groups excluding carboxylic acids is 4. The van der Waals surface area contributed by atoms with Gasteiger partial charge in [0.05, 0.1) is 26.4 Å². The van der Waals surface area contributed by atoms with E-state index in [4.69, 9.17) is 37.0 Å². The fourth-order valence-corrected chi connectivity index (χ4v) is 13.7. The highest BCUT2D eigenvalue weighted by Gasteiger charge is 2.30. The lowest BCUT2D eigenvalue weighted by Gasteiger charge is -2.21. The molecule has 0 aliphatic rings. The Morgan fingerprint density at radius 3 is 0.776 bits per heavy atom. The number of aliphatic hydroxyl groups excluding tert-OH is 1. The van der Waals surface area contributed by atoms with Crippen LogP contribution in [-0.4, -0.2) is 96.7 Å². The Morgan fingerprint density at radius 1 is 0.296 bits per heavy atom. The predicted octanol–water partition coefficient (Wildman–Crippen LogP) is 23.4. The van der Waals surface area contributed by atoms with Gasteiger partial charge < -0.3 is 33.8 Å². The van der Waals surface area contributed by atoms with Crippen molar-refractivity contribution in [2.24, 2.45) is 17.8 Å². The van der Waals surface area contributed by atoms with Crippen molar-refractivity contribution in [2.45, 2.75) is 426 Å². The van der Waals surface area contributed by atoms with E-state index in [1.807, 2.05) is 0 Å². The quantitative estimate of drug-likeness (QED) is 0.0222. The van der Waals surface area contributed by atoms with E-state index in [9.17, 15) is 43.2 Å². The van der Waals surface area contributed by atoms with Crippen molar-refractivity contribution in [3.63, 3.8) is 0 Å². The highest BCUT2D eigenvalue weighted by atomic mass is 31.2. The Bertz CT molecular complexity index is 1910. The molecule has 0 saturated heterocycles. The molecule has 0 aliphatic heterocycles. The zero-order chi connectivity index (χ0) is 72.3. The lowest BCUT2D eigenvalue weighted by molar-refractivity contribution is -0.161. The van der Waals surface area contributed by atoms with Gasteiger partial charge >= 0.3 is 39.5 Å². The van der Waals surface area contributed by atoms with Gasteiger partial charge in [0.25, 0.3) is 0 Å². The normalized spacial score (nSPS) is 14.3. The van der Waals surface area contributed by atoms with Crippen LogP contribution in [0.4, 0.5) is 0 Å². The highest BCUT2D eigenvalue weighted by Crippen LogP contribution is 2.45. The first-order valence-electron chi connectivity index (χ1n) is 40.9. The van der Waals surface area contributed by atoms with Crippen LogP contribution in [-0.2, 0) is 65.4 Å². The molecule has 0 amide bonds. The fraction of sp³-hybridized carbons (Fsp3) is 0.949. The van der Waals surface area contributed by atoms with Gasteiger partial charge in [-0.05, 0) is 43.4 Å². The maximum absolute atomic E-state index is 13.1. The third-order valence-electron chi connectivity index (χ3n) is 18.7. The minimum atomic E-state index is -4.96. The predicted molar refractivity (Wildman–Crippen MR) is 400 cm³/mol. The summed E-state index contributed by atoms with van der Waals surface area (Å²) in [6.07, 6.45) is 57.0. The number of hydrogen-bond donors (Lipinski definition) is 3. The zero-order valence-corrected chi connectivity index (χ0v) is 66.0. The van der Waals surface area contributed by atoms with E-state index in [0.29, 0.717) is 31.6 Å². The number of ether oxygens (including phenoxy) is 4. The molecule has 0 radical (unpaired) electrons. The largest absolute Gasteiger partial charge is 0.472 e. The molecule has 0 heterocycles. The molecule has 3 unspecified atom stereocenters. The summed E-state index contributed by atoms with van der Waals surface area (Å²) in [4.78, 5) is 72.8. The summed E-state index contributed by atoms with van der Waals surface area (Å²) in [7, 11) is -9.91. The van der Waals surface area contributed by atoms with Gasteiger partial charge in [-0.2, -0.15) is 0 Å². The van der Waals surface area contributed by atoms with E-state index in [1.165, 1.54) is 218 Å². The topological polar surface area (TPSA) is 237 Å². The van der Waals surface area contributed by atoms with Gasteiger partial charge in [0, 0.05) is 25.7 Å². The number of rotatable bonds is 77. The standard InChI is InChI=1S/C79H154O17P2/c1-8-10-11-12-13-14-32-39-46-53-60-76(81)89-67-75(96-79(84)63-56-49-42-35-37-44-51-58-71(5)6)69-94-98(87,88)92-65-73(80)64-91-97(85,86)93-68-74(66-90-77(82)61-54-47-40-33-28-25-21-22-26-30-36-43-50-57-70(3)4)95-78(83)62-55-48-41-34-29-24-20-18-16-15-17-19-23-27-31-38-45-52-59-72(7)9-2/h70-75,80H,8-69H2,1-7H3,(H,85,86)(H,87,88)/t72?,73-,74-,75-/m1/s1. The highest BCUT2D eigenvalue weighted by molar-refractivity contribution is 7.47. The lowest BCUT2D eigenvalue weighted by atomic mass is 9.99. The summed E-state index contributed by atoms with van der Waals surface area (Å²) >= 11 is 0. The first-order valence-corrected chi connectivity index (χ1v) is 43.9. The van der Waals surface area contributed by atoms with Crippen molar-refractivity contribution >= 4 is 39.5 Å². The molecule has 0 bridgehead atoms. The smallest absolute Gasteiger partial charge is 0.462 e. The first kappa shape index (κ1) is 96.1.